The van der Waals surface area contributed by atoms with Gasteiger partial charge in [-0.2, -0.15) is 0 Å². The molecule has 0 radical (unpaired) electrons. The molecule has 0 aliphatic rings. The molecule has 0 unspecified atom stereocenters. The lowest BCUT2D eigenvalue weighted by atomic mass is 10.2. The van der Waals surface area contributed by atoms with Gasteiger partial charge in [-0.25, -0.2) is 0 Å². The summed E-state index contributed by atoms with van der Waals surface area (Å²) in [5.74, 6) is 0.862. The third-order valence-electron chi connectivity index (χ3n) is 4.66. The lowest BCUT2D eigenvalue weighted by molar-refractivity contribution is 0.306. The molecule has 0 aliphatic carbocycles. The summed E-state index contributed by atoms with van der Waals surface area (Å²) in [4.78, 5) is 4.27. The molecule has 0 bridgehead atoms. The van der Waals surface area contributed by atoms with Crippen LogP contribution in [0.4, 0.5) is 5.69 Å². The van der Waals surface area contributed by atoms with Crippen LogP contribution in [-0.4, -0.2) is 37.2 Å². The molecule has 0 amide bonds. The standard InChI is InChI=1S/C25H29N3OS/c1-27(2)18-17-26-25(30)28(23-11-7-4-8-12-23)19-21-13-15-24(16-14-21)29-20-22-9-5-3-6-10-22/h3-16H,17-20H2,1-2H3,(H,26,30). The molecule has 5 heteroatoms. The van der Waals surface area contributed by atoms with Crippen molar-refractivity contribution < 1.29 is 4.74 Å². The second-order valence-electron chi connectivity index (χ2n) is 7.38. The SMILES string of the molecule is CN(C)CCNC(=S)N(Cc1ccc(OCc2ccccc2)cc1)c1ccccc1. The molecule has 4 nitrogen and oxygen atoms in total. The van der Waals surface area contributed by atoms with Gasteiger partial charge in [0.05, 0.1) is 6.54 Å². The molecule has 0 spiro atoms. The Kier molecular flexibility index (Phi) is 8.24. The van der Waals surface area contributed by atoms with Crippen molar-refractivity contribution in [3.63, 3.8) is 0 Å². The number of thiocarbonyl (C=S) groups is 1. The smallest absolute Gasteiger partial charge is 0.173 e. The molecular weight excluding hydrogens is 390 g/mol. The van der Waals surface area contributed by atoms with E-state index in [4.69, 9.17) is 17.0 Å². The Bertz CT molecular complexity index is 899. The van der Waals surface area contributed by atoms with Gasteiger partial charge in [-0.3, -0.25) is 0 Å². The summed E-state index contributed by atoms with van der Waals surface area (Å²) < 4.78 is 5.90. The van der Waals surface area contributed by atoms with Crippen LogP contribution < -0.4 is 15.0 Å². The molecule has 0 saturated heterocycles. The highest BCUT2D eigenvalue weighted by Gasteiger charge is 2.13. The maximum absolute atomic E-state index is 5.90. The number of benzene rings is 3. The van der Waals surface area contributed by atoms with Crippen LogP contribution in [0.5, 0.6) is 5.75 Å². The van der Waals surface area contributed by atoms with E-state index < -0.39 is 0 Å². The van der Waals surface area contributed by atoms with Crippen molar-refractivity contribution in [3.8, 4) is 5.75 Å². The Balaban J connectivity index is 1.64. The zero-order valence-electron chi connectivity index (χ0n) is 17.6. The summed E-state index contributed by atoms with van der Waals surface area (Å²) in [6.07, 6.45) is 0. The van der Waals surface area contributed by atoms with Gasteiger partial charge in [0.2, 0.25) is 0 Å². The van der Waals surface area contributed by atoms with Gasteiger partial charge >= 0.3 is 0 Å². The average molecular weight is 420 g/mol. The molecule has 0 aliphatic heterocycles. The quantitative estimate of drug-likeness (QED) is 0.507. The van der Waals surface area contributed by atoms with E-state index in [0.717, 1.165) is 35.2 Å². The first-order valence-electron chi connectivity index (χ1n) is 10.1. The molecule has 0 atom stereocenters. The van der Waals surface area contributed by atoms with Gasteiger partial charge in [-0.15, -0.1) is 0 Å². The molecule has 3 aromatic carbocycles. The maximum atomic E-state index is 5.90. The Hall–Kier alpha value is -2.89. The second kappa shape index (κ2) is 11.3. The van der Waals surface area contributed by atoms with Gasteiger partial charge in [-0.1, -0.05) is 60.7 Å². The normalized spacial score (nSPS) is 10.6. The van der Waals surface area contributed by atoms with Crippen LogP contribution in [0.25, 0.3) is 0 Å². The molecule has 30 heavy (non-hydrogen) atoms. The fourth-order valence-electron chi connectivity index (χ4n) is 2.98. The molecular formula is C25H29N3OS. The number of nitrogens with zero attached hydrogens (tertiary/aromatic N) is 2. The predicted molar refractivity (Wildman–Crippen MR) is 129 cm³/mol. The van der Waals surface area contributed by atoms with Gasteiger partial charge in [-0.05, 0) is 61.7 Å². The third kappa shape index (κ3) is 6.87. The Labute approximate surface area is 185 Å². The number of hydrogen-bond donors (Lipinski definition) is 1. The van der Waals surface area contributed by atoms with Gasteiger partial charge in [0.1, 0.15) is 12.4 Å². The Morgan fingerprint density at radius 2 is 1.47 bits per heavy atom. The molecule has 0 heterocycles. The first-order valence-corrected chi connectivity index (χ1v) is 10.5. The third-order valence-corrected chi connectivity index (χ3v) is 5.03. The number of rotatable bonds is 9. The summed E-state index contributed by atoms with van der Waals surface area (Å²) >= 11 is 5.70. The molecule has 0 fully saturated rings. The monoisotopic (exact) mass is 419 g/mol. The molecule has 3 rings (SSSR count). The Morgan fingerprint density at radius 1 is 0.833 bits per heavy atom. The van der Waals surface area contributed by atoms with E-state index in [9.17, 15) is 0 Å². The highest BCUT2D eigenvalue weighted by Crippen LogP contribution is 2.20. The van der Waals surface area contributed by atoms with Crippen molar-refractivity contribution >= 4 is 23.0 Å². The Morgan fingerprint density at radius 3 is 2.10 bits per heavy atom. The number of para-hydroxylation sites is 1. The van der Waals surface area contributed by atoms with Gasteiger partial charge in [0.15, 0.2) is 5.11 Å². The van der Waals surface area contributed by atoms with Crippen LogP contribution in [0.1, 0.15) is 11.1 Å². The molecule has 3 aromatic rings. The molecule has 156 valence electrons. The molecule has 0 aromatic heterocycles. The zero-order chi connectivity index (χ0) is 21.2. The predicted octanol–water partition coefficient (Wildman–Crippen LogP) is 4.71. The van der Waals surface area contributed by atoms with E-state index in [1.807, 2.05) is 48.5 Å². The minimum Gasteiger partial charge on any atom is -0.489 e. The van der Waals surface area contributed by atoms with Crippen LogP contribution in [0.15, 0.2) is 84.9 Å². The average Bonchev–Trinajstić information content (AvgIpc) is 2.78. The minimum absolute atomic E-state index is 0.566. The van der Waals surface area contributed by atoms with E-state index in [-0.39, 0.29) is 0 Å². The fraction of sp³-hybridized carbons (Fsp3) is 0.240. The summed E-state index contributed by atoms with van der Waals surface area (Å²) in [7, 11) is 4.11. The first kappa shape index (κ1) is 21.8. The van der Waals surface area contributed by atoms with Gasteiger partial charge in [0, 0.05) is 18.8 Å². The van der Waals surface area contributed by atoms with E-state index >= 15 is 0 Å². The van der Waals surface area contributed by atoms with E-state index in [2.05, 4.69) is 65.6 Å². The summed E-state index contributed by atoms with van der Waals surface area (Å²) in [5, 5.41) is 4.10. The van der Waals surface area contributed by atoms with Gasteiger partial charge in [0.25, 0.3) is 0 Å². The highest BCUT2D eigenvalue weighted by atomic mass is 32.1. The van der Waals surface area contributed by atoms with Gasteiger partial charge < -0.3 is 19.9 Å². The van der Waals surface area contributed by atoms with E-state index in [0.29, 0.717) is 13.2 Å². The fourth-order valence-corrected chi connectivity index (χ4v) is 3.26. The number of likely N-dealkylation sites (N-methyl/N-ethyl adjacent to an activating group) is 1. The zero-order valence-corrected chi connectivity index (χ0v) is 18.4. The maximum Gasteiger partial charge on any atom is 0.173 e. The first-order chi connectivity index (χ1) is 14.6. The minimum atomic E-state index is 0.566. The van der Waals surface area contributed by atoms with Crippen molar-refractivity contribution in [2.45, 2.75) is 13.2 Å². The summed E-state index contributed by atoms with van der Waals surface area (Å²) in [6, 6.07) is 28.7. The number of anilines is 1. The van der Waals surface area contributed by atoms with Crippen molar-refractivity contribution in [3.05, 3.63) is 96.1 Å². The number of nitrogens with one attached hydrogen (secondary N) is 1. The lowest BCUT2D eigenvalue weighted by Gasteiger charge is -2.26. The van der Waals surface area contributed by atoms with Crippen LogP contribution in [0, 0.1) is 0 Å². The van der Waals surface area contributed by atoms with Crippen LogP contribution in [0.2, 0.25) is 0 Å². The number of ether oxygens (including phenoxy) is 1. The van der Waals surface area contributed by atoms with Crippen molar-refractivity contribution in [1.29, 1.82) is 0 Å². The van der Waals surface area contributed by atoms with Crippen molar-refractivity contribution in [2.24, 2.45) is 0 Å². The number of hydrogen-bond acceptors (Lipinski definition) is 3. The van der Waals surface area contributed by atoms with Crippen LogP contribution >= 0.6 is 12.2 Å². The lowest BCUT2D eigenvalue weighted by Crippen LogP contribution is -2.41. The summed E-state index contributed by atoms with van der Waals surface area (Å²) in [6.45, 7) is 2.99. The second-order valence-corrected chi connectivity index (χ2v) is 7.76. The van der Waals surface area contributed by atoms with Crippen LogP contribution in [-0.2, 0) is 13.2 Å². The molecule has 0 saturated carbocycles. The topological polar surface area (TPSA) is 27.7 Å². The van der Waals surface area contributed by atoms with Crippen molar-refractivity contribution in [2.75, 3.05) is 32.1 Å². The van der Waals surface area contributed by atoms with Crippen LogP contribution in [0.3, 0.4) is 0 Å². The van der Waals surface area contributed by atoms with E-state index in [1.54, 1.807) is 0 Å². The largest absolute Gasteiger partial charge is 0.489 e. The highest BCUT2D eigenvalue weighted by molar-refractivity contribution is 7.80. The summed E-state index contributed by atoms with van der Waals surface area (Å²) in [5.41, 5.74) is 3.40. The van der Waals surface area contributed by atoms with E-state index in [1.165, 1.54) is 5.56 Å². The van der Waals surface area contributed by atoms with Crippen molar-refractivity contribution in [1.82, 2.24) is 10.2 Å². The molecule has 1 N–H and O–H groups in total.